The van der Waals surface area contributed by atoms with Crippen molar-refractivity contribution < 1.29 is 4.79 Å². The number of hydrogen-bond donors (Lipinski definition) is 3. The summed E-state index contributed by atoms with van der Waals surface area (Å²) in [6.45, 7) is 3.30. The first-order chi connectivity index (χ1) is 10.2. The number of rotatable bonds is 7. The van der Waals surface area contributed by atoms with Crippen LogP contribution in [0.3, 0.4) is 0 Å². The van der Waals surface area contributed by atoms with Gasteiger partial charge in [0.25, 0.3) is 0 Å². The van der Waals surface area contributed by atoms with E-state index in [0.717, 1.165) is 12.8 Å². The zero-order valence-corrected chi connectivity index (χ0v) is 14.1. The van der Waals surface area contributed by atoms with Crippen LogP contribution in [0.5, 0.6) is 0 Å². The molecule has 0 bridgehead atoms. The molecule has 1 aromatic carbocycles. The Hall–Kier alpha value is -1.10. The van der Waals surface area contributed by atoms with Crippen molar-refractivity contribution in [3.05, 3.63) is 35.9 Å². The molecule has 1 aliphatic rings. The molecule has 1 saturated carbocycles. The van der Waals surface area contributed by atoms with E-state index in [4.69, 9.17) is 5.73 Å². The van der Waals surface area contributed by atoms with Gasteiger partial charge in [0.1, 0.15) is 0 Å². The van der Waals surface area contributed by atoms with Gasteiger partial charge in [0.15, 0.2) is 0 Å². The summed E-state index contributed by atoms with van der Waals surface area (Å²) in [6.07, 6.45) is 5.09. The fraction of sp³-hybridized carbons (Fsp3) is 0.588. The molecular weight excluding hydrogens is 298 g/mol. The summed E-state index contributed by atoms with van der Waals surface area (Å²) in [6, 6.07) is 10.8. The Morgan fingerprint density at radius 3 is 2.50 bits per heavy atom. The van der Waals surface area contributed by atoms with E-state index in [0.29, 0.717) is 19.5 Å². The zero-order valence-electron chi connectivity index (χ0n) is 13.3. The average Bonchev–Trinajstić information content (AvgIpc) is 2.95. The molecule has 1 aromatic rings. The van der Waals surface area contributed by atoms with Crippen molar-refractivity contribution in [2.24, 2.45) is 5.73 Å². The van der Waals surface area contributed by atoms with E-state index in [9.17, 15) is 4.79 Å². The maximum absolute atomic E-state index is 11.7. The highest BCUT2D eigenvalue weighted by atomic mass is 35.5. The molecule has 2 rings (SSSR count). The molecular formula is C17H28ClN3O. The van der Waals surface area contributed by atoms with Crippen LogP contribution in [0, 0.1) is 0 Å². The number of carbonyl (C=O) groups excluding carboxylic acids is 1. The highest BCUT2D eigenvalue weighted by Gasteiger charge is 2.35. The number of amides is 1. The van der Waals surface area contributed by atoms with Gasteiger partial charge in [-0.25, -0.2) is 0 Å². The van der Waals surface area contributed by atoms with Crippen molar-refractivity contribution in [2.45, 2.75) is 50.6 Å². The van der Waals surface area contributed by atoms with Crippen LogP contribution >= 0.6 is 12.4 Å². The van der Waals surface area contributed by atoms with Gasteiger partial charge in [-0.1, -0.05) is 43.2 Å². The normalized spacial score (nSPS) is 17.5. The Morgan fingerprint density at radius 2 is 1.91 bits per heavy atom. The lowest BCUT2D eigenvalue weighted by atomic mass is 9.94. The van der Waals surface area contributed by atoms with Crippen LogP contribution in [0.25, 0.3) is 0 Å². The third-order valence-electron chi connectivity index (χ3n) is 4.38. The Balaban J connectivity index is 0.00000242. The molecule has 124 valence electrons. The van der Waals surface area contributed by atoms with Crippen molar-refractivity contribution >= 4 is 18.3 Å². The highest BCUT2D eigenvalue weighted by Crippen LogP contribution is 2.31. The molecule has 0 heterocycles. The first-order valence-electron chi connectivity index (χ1n) is 7.95. The number of carbonyl (C=O) groups is 1. The minimum atomic E-state index is 0. The second-order valence-electron chi connectivity index (χ2n) is 6.08. The number of hydrogen-bond acceptors (Lipinski definition) is 3. The molecule has 0 aromatic heterocycles. The minimum absolute atomic E-state index is 0. The third kappa shape index (κ3) is 5.27. The van der Waals surface area contributed by atoms with Gasteiger partial charge in [-0.2, -0.15) is 0 Å². The molecule has 0 radical (unpaired) electrons. The smallest absolute Gasteiger partial charge is 0.221 e. The molecule has 1 aliphatic carbocycles. The third-order valence-corrected chi connectivity index (χ3v) is 4.38. The van der Waals surface area contributed by atoms with E-state index in [-0.39, 0.29) is 29.9 Å². The largest absolute Gasteiger partial charge is 0.354 e. The number of nitrogens with two attached hydrogens (primary N) is 1. The Labute approximate surface area is 139 Å². The van der Waals surface area contributed by atoms with Crippen LogP contribution in [0.1, 0.15) is 50.6 Å². The number of halogens is 1. The van der Waals surface area contributed by atoms with Crippen LogP contribution in [0.2, 0.25) is 0 Å². The van der Waals surface area contributed by atoms with Crippen LogP contribution in [0.4, 0.5) is 0 Å². The molecule has 1 unspecified atom stereocenters. The molecule has 1 amide bonds. The zero-order chi connectivity index (χ0) is 15.1. The molecule has 0 saturated heterocycles. The summed E-state index contributed by atoms with van der Waals surface area (Å²) < 4.78 is 0. The van der Waals surface area contributed by atoms with E-state index in [2.05, 4.69) is 41.8 Å². The standard InChI is InChI=1S/C17H27N3O.ClH/c1-14(15-7-3-2-4-8-15)20-17(10-5-6-11-17)13-19-16(21)9-12-18;/h2-4,7-8,14,20H,5-6,9-13,18H2,1H3,(H,19,21);1H. The van der Waals surface area contributed by atoms with Crippen molar-refractivity contribution in [3.63, 3.8) is 0 Å². The van der Waals surface area contributed by atoms with Crippen LogP contribution in [-0.2, 0) is 4.79 Å². The second-order valence-corrected chi connectivity index (χ2v) is 6.08. The Kier molecular flexibility index (Phi) is 7.87. The fourth-order valence-electron chi connectivity index (χ4n) is 3.20. The van der Waals surface area contributed by atoms with Gasteiger partial charge in [0, 0.05) is 31.1 Å². The van der Waals surface area contributed by atoms with Crippen molar-refractivity contribution in [1.82, 2.24) is 10.6 Å². The maximum Gasteiger partial charge on any atom is 0.221 e. The summed E-state index contributed by atoms with van der Waals surface area (Å²) in [5, 5.41) is 6.80. The molecule has 0 spiro atoms. The molecule has 0 aliphatic heterocycles. The van der Waals surface area contributed by atoms with E-state index in [1.54, 1.807) is 0 Å². The lowest BCUT2D eigenvalue weighted by Gasteiger charge is -2.34. The summed E-state index contributed by atoms with van der Waals surface area (Å²) in [4.78, 5) is 11.7. The molecule has 1 atom stereocenters. The maximum atomic E-state index is 11.7. The molecule has 1 fully saturated rings. The van der Waals surface area contributed by atoms with Gasteiger partial charge in [0.2, 0.25) is 5.91 Å². The van der Waals surface area contributed by atoms with Crippen molar-refractivity contribution in [2.75, 3.05) is 13.1 Å². The van der Waals surface area contributed by atoms with E-state index < -0.39 is 0 Å². The van der Waals surface area contributed by atoms with Gasteiger partial charge >= 0.3 is 0 Å². The minimum Gasteiger partial charge on any atom is -0.354 e. The quantitative estimate of drug-likeness (QED) is 0.721. The topological polar surface area (TPSA) is 67.1 Å². The summed E-state index contributed by atoms with van der Waals surface area (Å²) in [5.41, 5.74) is 6.74. The summed E-state index contributed by atoms with van der Waals surface area (Å²) in [7, 11) is 0. The lowest BCUT2D eigenvalue weighted by molar-refractivity contribution is -0.121. The van der Waals surface area contributed by atoms with Gasteiger partial charge in [-0.3, -0.25) is 4.79 Å². The molecule has 4 N–H and O–H groups in total. The summed E-state index contributed by atoms with van der Waals surface area (Å²) >= 11 is 0. The van der Waals surface area contributed by atoms with E-state index in [1.807, 2.05) is 6.07 Å². The molecule has 4 nitrogen and oxygen atoms in total. The van der Waals surface area contributed by atoms with Gasteiger partial charge < -0.3 is 16.4 Å². The predicted molar refractivity (Wildman–Crippen MR) is 93.1 cm³/mol. The second kappa shape index (κ2) is 9.13. The SMILES string of the molecule is CC(NC1(CNC(=O)CCN)CCCC1)c1ccccc1.Cl. The van der Waals surface area contributed by atoms with E-state index >= 15 is 0 Å². The van der Waals surface area contributed by atoms with Gasteiger partial charge in [-0.05, 0) is 25.3 Å². The van der Waals surface area contributed by atoms with Crippen LogP contribution in [-0.4, -0.2) is 24.5 Å². The van der Waals surface area contributed by atoms with Gasteiger partial charge in [0.05, 0.1) is 0 Å². The number of benzene rings is 1. The molecule has 5 heteroatoms. The monoisotopic (exact) mass is 325 g/mol. The average molecular weight is 326 g/mol. The predicted octanol–water partition coefficient (Wildman–Crippen LogP) is 2.54. The Morgan fingerprint density at radius 1 is 1.27 bits per heavy atom. The fourth-order valence-corrected chi connectivity index (χ4v) is 3.20. The Bertz CT molecular complexity index is 446. The van der Waals surface area contributed by atoms with Crippen molar-refractivity contribution in [3.8, 4) is 0 Å². The molecule has 22 heavy (non-hydrogen) atoms. The van der Waals surface area contributed by atoms with Crippen LogP contribution < -0.4 is 16.4 Å². The van der Waals surface area contributed by atoms with Crippen LogP contribution in [0.15, 0.2) is 30.3 Å². The first-order valence-corrected chi connectivity index (χ1v) is 7.95. The lowest BCUT2D eigenvalue weighted by Crippen LogP contribution is -2.52. The van der Waals surface area contributed by atoms with Gasteiger partial charge in [-0.15, -0.1) is 12.4 Å². The highest BCUT2D eigenvalue weighted by molar-refractivity contribution is 5.85. The first kappa shape index (κ1) is 18.9. The number of nitrogens with one attached hydrogen (secondary N) is 2. The van der Waals surface area contributed by atoms with Crippen molar-refractivity contribution in [1.29, 1.82) is 0 Å². The van der Waals surface area contributed by atoms with E-state index in [1.165, 1.54) is 18.4 Å². The summed E-state index contributed by atoms with van der Waals surface area (Å²) in [5.74, 6) is 0.0536.